The molecule has 1 amide bonds. The van der Waals surface area contributed by atoms with E-state index < -0.39 is 5.41 Å². The number of hydrogen-bond acceptors (Lipinski definition) is 4. The van der Waals surface area contributed by atoms with Crippen LogP contribution in [-0.4, -0.2) is 29.5 Å². The lowest BCUT2D eigenvalue weighted by Crippen LogP contribution is -2.39. The zero-order valence-corrected chi connectivity index (χ0v) is 13.0. The Morgan fingerprint density at radius 3 is 2.74 bits per heavy atom. The molecule has 1 fully saturated rings. The molecular weight excluding hydrogens is 308 g/mol. The van der Waals surface area contributed by atoms with Gasteiger partial charge in [-0.1, -0.05) is 0 Å². The van der Waals surface area contributed by atoms with Crippen molar-refractivity contribution < 1.29 is 4.79 Å². The van der Waals surface area contributed by atoms with Gasteiger partial charge in [-0.2, -0.15) is 0 Å². The fraction of sp³-hybridized carbons (Fsp3) is 0.615. The van der Waals surface area contributed by atoms with Gasteiger partial charge in [-0.25, -0.2) is 9.97 Å². The third-order valence-corrected chi connectivity index (χ3v) is 3.61. The largest absolute Gasteiger partial charge is 0.369 e. The van der Waals surface area contributed by atoms with Crippen molar-refractivity contribution in [1.29, 1.82) is 0 Å². The molecule has 2 rings (SSSR count). The van der Waals surface area contributed by atoms with E-state index in [-0.39, 0.29) is 5.91 Å². The molecule has 0 spiro atoms. The van der Waals surface area contributed by atoms with Crippen LogP contribution in [0.25, 0.3) is 0 Å². The first-order valence-corrected chi connectivity index (χ1v) is 7.22. The summed E-state index contributed by atoms with van der Waals surface area (Å²) in [6, 6.07) is 1.84. The quantitative estimate of drug-likeness (QED) is 0.815. The van der Waals surface area contributed by atoms with Gasteiger partial charge in [0, 0.05) is 25.6 Å². The first kappa shape index (κ1) is 14.2. The summed E-state index contributed by atoms with van der Waals surface area (Å²) in [7, 11) is 1.65. The first-order chi connectivity index (χ1) is 8.92. The van der Waals surface area contributed by atoms with Crippen molar-refractivity contribution in [2.45, 2.75) is 32.6 Å². The summed E-state index contributed by atoms with van der Waals surface area (Å²) in [5.41, 5.74) is -0.480. The highest BCUT2D eigenvalue weighted by Crippen LogP contribution is 2.38. The van der Waals surface area contributed by atoms with E-state index in [1.807, 2.05) is 19.9 Å². The minimum Gasteiger partial charge on any atom is -0.369 e. The Kier molecular flexibility index (Phi) is 4.08. The molecule has 0 unspecified atom stereocenters. The van der Waals surface area contributed by atoms with Gasteiger partial charge in [-0.3, -0.25) is 4.79 Å². The molecule has 0 aliphatic heterocycles. The van der Waals surface area contributed by atoms with Crippen LogP contribution in [0.3, 0.4) is 0 Å². The van der Waals surface area contributed by atoms with Gasteiger partial charge in [0.2, 0.25) is 5.91 Å². The van der Waals surface area contributed by atoms with Crippen molar-refractivity contribution >= 4 is 27.7 Å². The number of anilines is 1. The van der Waals surface area contributed by atoms with Gasteiger partial charge < -0.3 is 10.6 Å². The van der Waals surface area contributed by atoms with Crippen molar-refractivity contribution in [3.05, 3.63) is 16.5 Å². The predicted molar refractivity (Wildman–Crippen MR) is 78.0 cm³/mol. The Morgan fingerprint density at radius 2 is 2.16 bits per heavy atom. The molecule has 0 saturated heterocycles. The van der Waals surface area contributed by atoms with Crippen LogP contribution >= 0.6 is 15.9 Å². The molecule has 0 atom stereocenters. The molecule has 5 nitrogen and oxygen atoms in total. The fourth-order valence-electron chi connectivity index (χ4n) is 1.78. The third-order valence-electron chi connectivity index (χ3n) is 3.21. The highest BCUT2D eigenvalue weighted by molar-refractivity contribution is 9.10. The maximum atomic E-state index is 11.7. The van der Waals surface area contributed by atoms with Crippen LogP contribution in [0.2, 0.25) is 0 Å². The van der Waals surface area contributed by atoms with Gasteiger partial charge in [-0.05, 0) is 42.6 Å². The van der Waals surface area contributed by atoms with Gasteiger partial charge >= 0.3 is 0 Å². The zero-order chi connectivity index (χ0) is 14.0. The standard InChI is InChI=1S/C13H19BrN4O/c1-13(2,12(19)15-3)7-16-10-6-9(14)17-11(18-10)8-4-5-8/h6,8H,4-5,7H2,1-3H3,(H,15,19)(H,16,17,18). The van der Waals surface area contributed by atoms with Crippen LogP contribution in [-0.2, 0) is 4.79 Å². The Hall–Kier alpha value is -1.17. The highest BCUT2D eigenvalue weighted by Gasteiger charge is 2.28. The number of halogens is 1. The maximum absolute atomic E-state index is 11.7. The van der Waals surface area contributed by atoms with E-state index in [1.165, 1.54) is 12.8 Å². The number of amides is 1. The summed E-state index contributed by atoms with van der Waals surface area (Å²) in [5.74, 6) is 2.16. The molecule has 1 saturated carbocycles. The Bertz CT molecular complexity index is 486. The number of rotatable bonds is 5. The summed E-state index contributed by atoms with van der Waals surface area (Å²) < 4.78 is 0.782. The maximum Gasteiger partial charge on any atom is 0.227 e. The number of nitrogens with zero attached hydrogens (tertiary/aromatic N) is 2. The number of hydrogen-bond donors (Lipinski definition) is 2. The smallest absolute Gasteiger partial charge is 0.227 e. The molecule has 0 radical (unpaired) electrons. The lowest BCUT2D eigenvalue weighted by molar-refractivity contribution is -0.128. The van der Waals surface area contributed by atoms with Crippen LogP contribution in [0.15, 0.2) is 10.7 Å². The van der Waals surface area contributed by atoms with Gasteiger partial charge in [0.25, 0.3) is 0 Å². The fourth-order valence-corrected chi connectivity index (χ4v) is 2.18. The number of aromatic nitrogens is 2. The van der Waals surface area contributed by atoms with E-state index in [4.69, 9.17) is 0 Å². The average Bonchev–Trinajstić information content (AvgIpc) is 3.19. The first-order valence-electron chi connectivity index (χ1n) is 6.43. The molecule has 1 aliphatic carbocycles. The van der Waals surface area contributed by atoms with Crippen molar-refractivity contribution in [3.8, 4) is 0 Å². The number of carbonyl (C=O) groups excluding carboxylic acids is 1. The van der Waals surface area contributed by atoms with Crippen LogP contribution < -0.4 is 10.6 Å². The van der Waals surface area contributed by atoms with E-state index in [0.29, 0.717) is 12.5 Å². The lowest BCUT2D eigenvalue weighted by Gasteiger charge is -2.23. The van der Waals surface area contributed by atoms with Crippen LogP contribution in [0, 0.1) is 5.41 Å². The lowest BCUT2D eigenvalue weighted by atomic mass is 9.92. The normalized spacial score (nSPS) is 15.2. The second kappa shape index (κ2) is 5.45. The second-order valence-corrected chi connectivity index (χ2v) is 6.34. The van der Waals surface area contributed by atoms with Crippen LogP contribution in [0.4, 0.5) is 5.82 Å². The van der Waals surface area contributed by atoms with Gasteiger partial charge in [0.1, 0.15) is 16.2 Å². The molecule has 0 bridgehead atoms. The van der Waals surface area contributed by atoms with Gasteiger partial charge in [-0.15, -0.1) is 0 Å². The Balaban J connectivity index is 2.05. The van der Waals surface area contributed by atoms with E-state index in [1.54, 1.807) is 7.05 Å². The molecule has 1 aliphatic rings. The van der Waals surface area contributed by atoms with E-state index in [0.717, 1.165) is 16.2 Å². The average molecular weight is 327 g/mol. The third kappa shape index (κ3) is 3.65. The van der Waals surface area contributed by atoms with Gasteiger partial charge in [0.05, 0.1) is 5.41 Å². The summed E-state index contributed by atoms with van der Waals surface area (Å²) in [6.45, 7) is 4.33. The van der Waals surface area contributed by atoms with Crippen molar-refractivity contribution in [1.82, 2.24) is 15.3 Å². The van der Waals surface area contributed by atoms with Crippen molar-refractivity contribution in [2.75, 3.05) is 18.9 Å². The molecule has 1 aromatic heterocycles. The molecule has 6 heteroatoms. The minimum absolute atomic E-state index is 0.00976. The molecule has 0 aromatic carbocycles. The molecule has 2 N–H and O–H groups in total. The SMILES string of the molecule is CNC(=O)C(C)(C)CNc1cc(Br)nc(C2CC2)n1. The molecule has 1 heterocycles. The number of nitrogens with one attached hydrogen (secondary N) is 2. The van der Waals surface area contributed by atoms with E-state index in [2.05, 4.69) is 36.5 Å². The summed E-state index contributed by atoms with van der Waals surface area (Å²) in [5, 5.41) is 5.89. The minimum atomic E-state index is -0.480. The highest BCUT2D eigenvalue weighted by atomic mass is 79.9. The molecular formula is C13H19BrN4O. The van der Waals surface area contributed by atoms with Crippen molar-refractivity contribution in [2.24, 2.45) is 5.41 Å². The Labute approximate surface area is 121 Å². The van der Waals surface area contributed by atoms with E-state index in [9.17, 15) is 4.79 Å². The zero-order valence-electron chi connectivity index (χ0n) is 11.5. The van der Waals surface area contributed by atoms with Crippen LogP contribution in [0.5, 0.6) is 0 Å². The monoisotopic (exact) mass is 326 g/mol. The molecule has 1 aromatic rings. The second-order valence-electron chi connectivity index (χ2n) is 5.52. The van der Waals surface area contributed by atoms with Crippen LogP contribution in [0.1, 0.15) is 38.4 Å². The Morgan fingerprint density at radius 1 is 1.47 bits per heavy atom. The summed E-state index contributed by atoms with van der Waals surface area (Å²) in [6.07, 6.45) is 2.33. The van der Waals surface area contributed by atoms with Gasteiger partial charge in [0.15, 0.2) is 0 Å². The predicted octanol–water partition coefficient (Wildman–Crippen LogP) is 2.30. The number of carbonyl (C=O) groups is 1. The van der Waals surface area contributed by atoms with Crippen molar-refractivity contribution in [3.63, 3.8) is 0 Å². The topological polar surface area (TPSA) is 66.9 Å². The molecule has 19 heavy (non-hydrogen) atoms. The summed E-state index contributed by atoms with van der Waals surface area (Å²) in [4.78, 5) is 20.6. The summed E-state index contributed by atoms with van der Waals surface area (Å²) >= 11 is 3.40. The van der Waals surface area contributed by atoms with E-state index >= 15 is 0 Å². The molecule has 104 valence electrons.